The molecule has 0 aliphatic heterocycles. The molecule has 2 heteroatoms. The van der Waals surface area contributed by atoms with Crippen LogP contribution in [0.3, 0.4) is 0 Å². The normalized spacial score (nSPS) is 13.7. The molecule has 2 aromatic rings. The first-order valence-electron chi connectivity index (χ1n) is 6.47. The summed E-state index contributed by atoms with van der Waals surface area (Å²) in [5, 5.41) is 0. The number of hydrogen-bond acceptors (Lipinski definition) is 2. The summed E-state index contributed by atoms with van der Waals surface area (Å²) in [6.45, 7) is 6.09. The molecule has 2 heterocycles. The van der Waals surface area contributed by atoms with Gasteiger partial charge < -0.3 is 0 Å². The number of nitrogens with zero attached hydrogens (tertiary/aromatic N) is 2. The van der Waals surface area contributed by atoms with Crippen molar-refractivity contribution in [3.8, 4) is 0 Å². The van der Waals surface area contributed by atoms with Gasteiger partial charge in [-0.15, -0.1) is 0 Å². The minimum absolute atomic E-state index is 0.792. The minimum atomic E-state index is 0.792. The highest BCUT2D eigenvalue weighted by molar-refractivity contribution is 5.18. The Bertz CT molecular complexity index is 461. The Kier molecular flexibility index (Phi) is 4.08. The lowest BCUT2D eigenvalue weighted by molar-refractivity contribution is 1.01. The Morgan fingerprint density at radius 1 is 0.833 bits per heavy atom. The first-order valence-corrected chi connectivity index (χ1v) is 6.47. The van der Waals surface area contributed by atoms with Crippen LogP contribution in [0.15, 0.2) is 36.7 Å². The van der Waals surface area contributed by atoms with Crippen molar-refractivity contribution < 1.29 is 0 Å². The van der Waals surface area contributed by atoms with E-state index in [1.165, 1.54) is 29.7 Å². The van der Waals surface area contributed by atoms with Gasteiger partial charge in [0, 0.05) is 29.7 Å². The van der Waals surface area contributed by atoms with Crippen molar-refractivity contribution in [2.45, 2.75) is 39.5 Å². The maximum atomic E-state index is 4.34. The number of aromatic nitrogens is 2. The molecule has 2 aromatic heterocycles. The number of rotatable bonds is 1. The van der Waals surface area contributed by atoms with Crippen LogP contribution in [0.2, 0.25) is 0 Å². The van der Waals surface area contributed by atoms with E-state index in [4.69, 9.17) is 0 Å². The van der Waals surface area contributed by atoms with Crippen molar-refractivity contribution >= 4 is 0 Å². The van der Waals surface area contributed by atoms with E-state index in [9.17, 15) is 0 Å². The van der Waals surface area contributed by atoms with Gasteiger partial charge in [0.05, 0.1) is 0 Å². The van der Waals surface area contributed by atoms with E-state index in [-0.39, 0.29) is 0 Å². The van der Waals surface area contributed by atoms with Gasteiger partial charge in [0.25, 0.3) is 0 Å². The maximum absolute atomic E-state index is 4.34. The number of pyridine rings is 2. The zero-order chi connectivity index (χ0) is 13.0. The molecule has 0 unspecified atom stereocenters. The van der Waals surface area contributed by atoms with Crippen molar-refractivity contribution in [3.63, 3.8) is 0 Å². The summed E-state index contributed by atoms with van der Waals surface area (Å²) in [7, 11) is 0. The quantitative estimate of drug-likeness (QED) is 0.754. The molecule has 2 nitrogen and oxygen atoms in total. The first kappa shape index (κ1) is 12.7. The zero-order valence-corrected chi connectivity index (χ0v) is 11.4. The van der Waals surface area contributed by atoms with Gasteiger partial charge in [-0.1, -0.05) is 12.1 Å². The molecule has 0 spiro atoms. The molecular weight excluding hydrogens is 220 g/mol. The Morgan fingerprint density at radius 3 is 1.83 bits per heavy atom. The molecule has 0 atom stereocenters. The SMILES string of the molecule is Cc1ccc(C)nc1.Cc1ccc(C2CC2)nc1. The summed E-state index contributed by atoms with van der Waals surface area (Å²) < 4.78 is 0. The lowest BCUT2D eigenvalue weighted by Gasteiger charge is -1.95. The van der Waals surface area contributed by atoms with E-state index in [1.54, 1.807) is 0 Å². The van der Waals surface area contributed by atoms with E-state index in [2.05, 4.69) is 35.1 Å². The van der Waals surface area contributed by atoms with Crippen molar-refractivity contribution in [2.24, 2.45) is 0 Å². The van der Waals surface area contributed by atoms with Gasteiger partial charge in [-0.3, -0.25) is 9.97 Å². The predicted molar refractivity (Wildman–Crippen MR) is 74.7 cm³/mol. The van der Waals surface area contributed by atoms with Crippen LogP contribution in [-0.4, -0.2) is 9.97 Å². The Morgan fingerprint density at radius 2 is 1.44 bits per heavy atom. The van der Waals surface area contributed by atoms with Crippen LogP contribution in [0.4, 0.5) is 0 Å². The molecule has 18 heavy (non-hydrogen) atoms. The molecule has 0 bridgehead atoms. The summed E-state index contributed by atoms with van der Waals surface area (Å²) in [4.78, 5) is 8.42. The third kappa shape index (κ3) is 3.95. The molecular formula is C16H20N2. The van der Waals surface area contributed by atoms with Crippen LogP contribution in [0.25, 0.3) is 0 Å². The second-order valence-corrected chi connectivity index (χ2v) is 5.01. The van der Waals surface area contributed by atoms with E-state index >= 15 is 0 Å². The fraction of sp³-hybridized carbons (Fsp3) is 0.375. The van der Waals surface area contributed by atoms with E-state index in [1.807, 2.05) is 32.3 Å². The zero-order valence-electron chi connectivity index (χ0n) is 11.4. The average molecular weight is 240 g/mol. The molecule has 1 saturated carbocycles. The van der Waals surface area contributed by atoms with Crippen molar-refractivity contribution in [2.75, 3.05) is 0 Å². The van der Waals surface area contributed by atoms with Crippen molar-refractivity contribution in [3.05, 3.63) is 59.2 Å². The van der Waals surface area contributed by atoms with Gasteiger partial charge in [-0.05, 0) is 56.9 Å². The van der Waals surface area contributed by atoms with Crippen LogP contribution in [0.5, 0.6) is 0 Å². The summed E-state index contributed by atoms with van der Waals surface area (Å²) in [6, 6.07) is 8.35. The second kappa shape index (κ2) is 5.76. The molecule has 0 saturated heterocycles. The highest BCUT2D eigenvalue weighted by atomic mass is 14.7. The number of hydrogen-bond donors (Lipinski definition) is 0. The topological polar surface area (TPSA) is 25.8 Å². The van der Waals surface area contributed by atoms with Crippen molar-refractivity contribution in [1.82, 2.24) is 9.97 Å². The summed E-state index contributed by atoms with van der Waals surface area (Å²) >= 11 is 0. The summed E-state index contributed by atoms with van der Waals surface area (Å²) in [5.74, 6) is 0.792. The first-order chi connectivity index (χ1) is 8.65. The van der Waals surface area contributed by atoms with Gasteiger partial charge in [0.15, 0.2) is 0 Å². The average Bonchev–Trinajstić information content (AvgIpc) is 3.19. The highest BCUT2D eigenvalue weighted by Gasteiger charge is 2.24. The minimum Gasteiger partial charge on any atom is -0.261 e. The summed E-state index contributed by atoms with van der Waals surface area (Å²) in [5.41, 5.74) is 4.83. The maximum Gasteiger partial charge on any atom is 0.0434 e. The van der Waals surface area contributed by atoms with Gasteiger partial charge in [-0.2, -0.15) is 0 Å². The van der Waals surface area contributed by atoms with Gasteiger partial charge >= 0.3 is 0 Å². The van der Waals surface area contributed by atoms with E-state index < -0.39 is 0 Å². The van der Waals surface area contributed by atoms with Crippen LogP contribution in [0, 0.1) is 20.8 Å². The second-order valence-electron chi connectivity index (χ2n) is 5.01. The van der Waals surface area contributed by atoms with Crippen LogP contribution in [-0.2, 0) is 0 Å². The Balaban J connectivity index is 0.000000138. The largest absolute Gasteiger partial charge is 0.261 e. The molecule has 0 amide bonds. The highest BCUT2D eigenvalue weighted by Crippen LogP contribution is 2.38. The standard InChI is InChI=1S/C9H11N.C7H9N/c1-7-2-5-9(10-6-7)8-3-4-8;1-6-3-4-7(2)8-5-6/h2,5-6,8H,3-4H2,1H3;3-5H,1-2H3. The van der Waals surface area contributed by atoms with Gasteiger partial charge in [0.2, 0.25) is 0 Å². The van der Waals surface area contributed by atoms with Gasteiger partial charge in [-0.25, -0.2) is 0 Å². The van der Waals surface area contributed by atoms with Crippen LogP contribution in [0.1, 0.15) is 41.3 Å². The Labute approximate surface area is 109 Å². The lowest BCUT2D eigenvalue weighted by Crippen LogP contribution is -1.84. The fourth-order valence-electron chi connectivity index (χ4n) is 1.64. The van der Waals surface area contributed by atoms with Crippen LogP contribution >= 0.6 is 0 Å². The number of aryl methyl sites for hydroxylation is 3. The van der Waals surface area contributed by atoms with Crippen molar-refractivity contribution in [1.29, 1.82) is 0 Å². The lowest BCUT2D eigenvalue weighted by atomic mass is 10.2. The molecule has 0 aromatic carbocycles. The Hall–Kier alpha value is -1.70. The molecule has 1 aliphatic carbocycles. The smallest absolute Gasteiger partial charge is 0.0434 e. The van der Waals surface area contributed by atoms with Gasteiger partial charge in [0.1, 0.15) is 0 Å². The summed E-state index contributed by atoms with van der Waals surface area (Å²) in [6.07, 6.45) is 6.51. The monoisotopic (exact) mass is 240 g/mol. The molecule has 0 N–H and O–H groups in total. The molecule has 1 fully saturated rings. The third-order valence-electron chi connectivity index (χ3n) is 2.99. The third-order valence-corrected chi connectivity index (χ3v) is 2.99. The molecule has 1 aliphatic rings. The van der Waals surface area contributed by atoms with E-state index in [0.717, 1.165) is 11.6 Å². The fourth-order valence-corrected chi connectivity index (χ4v) is 1.64. The predicted octanol–water partition coefficient (Wildman–Crippen LogP) is 3.97. The van der Waals surface area contributed by atoms with E-state index in [0.29, 0.717) is 0 Å². The molecule has 94 valence electrons. The molecule has 3 rings (SSSR count). The molecule has 0 radical (unpaired) electrons. The van der Waals surface area contributed by atoms with Crippen LogP contribution < -0.4 is 0 Å².